The van der Waals surface area contributed by atoms with Crippen LogP contribution in [0.4, 0.5) is 0 Å². The Balaban J connectivity index is 2.25. The van der Waals surface area contributed by atoms with Crippen molar-refractivity contribution in [2.75, 3.05) is 13.2 Å². The number of hydrogen-bond donors (Lipinski definition) is 3. The van der Waals surface area contributed by atoms with Gasteiger partial charge in [0, 0.05) is 13.0 Å². The van der Waals surface area contributed by atoms with Crippen LogP contribution in [0.2, 0.25) is 0 Å². The van der Waals surface area contributed by atoms with Crippen LogP contribution >= 0.6 is 0 Å². The summed E-state index contributed by atoms with van der Waals surface area (Å²) in [6.07, 6.45) is -0.685. The molecule has 0 aromatic rings. The lowest BCUT2D eigenvalue weighted by molar-refractivity contribution is -0.140. The largest absolute Gasteiger partial charge is 0.480 e. The molecule has 16 heavy (non-hydrogen) atoms. The molecular weight excluding hydrogens is 216 g/mol. The van der Waals surface area contributed by atoms with Crippen LogP contribution in [-0.2, 0) is 19.1 Å². The smallest absolute Gasteiger partial charge is 0.320 e. The lowest BCUT2D eigenvalue weighted by Crippen LogP contribution is -2.41. The molecule has 0 aromatic carbocycles. The normalized spacial score (nSPS) is 21.8. The lowest BCUT2D eigenvalue weighted by Gasteiger charge is -2.10. The van der Waals surface area contributed by atoms with Crippen LogP contribution < -0.4 is 11.1 Å². The number of carboxylic acid groups (broad SMARTS) is 1. The summed E-state index contributed by atoms with van der Waals surface area (Å²) in [4.78, 5) is 32.8. The number of carbonyl (C=O) groups is 3. The first-order valence-corrected chi connectivity index (χ1v) is 4.93. The fraction of sp³-hybridized carbons (Fsp3) is 0.667. The molecule has 0 bridgehead atoms. The third kappa shape index (κ3) is 3.28. The first kappa shape index (κ1) is 12.6. The number of carboxylic acids is 1. The summed E-state index contributed by atoms with van der Waals surface area (Å²) in [7, 11) is 0. The third-order valence-corrected chi connectivity index (χ3v) is 2.24. The predicted octanol–water partition coefficient (Wildman–Crippen LogP) is -1.74. The van der Waals surface area contributed by atoms with Gasteiger partial charge in [0.2, 0.25) is 0 Å². The van der Waals surface area contributed by atoms with Crippen LogP contribution in [0.15, 0.2) is 0 Å². The Morgan fingerprint density at radius 1 is 1.62 bits per heavy atom. The van der Waals surface area contributed by atoms with Gasteiger partial charge >= 0.3 is 5.97 Å². The molecule has 7 nitrogen and oxygen atoms in total. The predicted molar refractivity (Wildman–Crippen MR) is 52.6 cm³/mol. The van der Waals surface area contributed by atoms with Crippen molar-refractivity contribution in [3.05, 3.63) is 0 Å². The number of ether oxygens (including phenoxy) is 1. The van der Waals surface area contributed by atoms with E-state index in [9.17, 15) is 14.4 Å². The summed E-state index contributed by atoms with van der Waals surface area (Å²) in [6, 6.07) is -1.01. The van der Waals surface area contributed by atoms with E-state index in [1.54, 1.807) is 0 Å². The van der Waals surface area contributed by atoms with Gasteiger partial charge in [-0.1, -0.05) is 0 Å². The Morgan fingerprint density at radius 2 is 2.31 bits per heavy atom. The molecule has 1 saturated heterocycles. The number of Topliss-reactive ketones (excluding diaryl/α,β-unsaturated/α-hetero) is 1. The molecule has 1 aliphatic rings. The molecule has 1 aliphatic heterocycles. The summed E-state index contributed by atoms with van der Waals surface area (Å²) in [5.74, 6) is -1.90. The molecule has 1 fully saturated rings. The Morgan fingerprint density at radius 3 is 2.81 bits per heavy atom. The highest BCUT2D eigenvalue weighted by Gasteiger charge is 2.31. The summed E-state index contributed by atoms with van der Waals surface area (Å²) < 4.78 is 4.92. The average Bonchev–Trinajstić information content (AvgIpc) is 2.64. The highest BCUT2D eigenvalue weighted by atomic mass is 16.5. The van der Waals surface area contributed by atoms with Crippen LogP contribution in [-0.4, -0.2) is 48.1 Å². The first-order valence-electron chi connectivity index (χ1n) is 4.93. The van der Waals surface area contributed by atoms with Crippen molar-refractivity contribution >= 4 is 17.7 Å². The van der Waals surface area contributed by atoms with Gasteiger partial charge in [-0.25, -0.2) is 0 Å². The molecule has 4 N–H and O–H groups in total. The number of carbonyl (C=O) groups excluding carboxylic acids is 2. The molecule has 7 heteroatoms. The summed E-state index contributed by atoms with van der Waals surface area (Å²) >= 11 is 0. The second-order valence-electron chi connectivity index (χ2n) is 3.49. The molecule has 0 saturated carbocycles. The van der Waals surface area contributed by atoms with Gasteiger partial charge in [-0.3, -0.25) is 14.4 Å². The molecule has 0 radical (unpaired) electrons. The van der Waals surface area contributed by atoms with Crippen molar-refractivity contribution in [2.24, 2.45) is 5.73 Å². The molecule has 1 rings (SSSR count). The number of amides is 1. The van der Waals surface area contributed by atoms with Gasteiger partial charge in [-0.15, -0.1) is 0 Å². The highest BCUT2D eigenvalue weighted by molar-refractivity contribution is 6.05. The average molecular weight is 230 g/mol. The van der Waals surface area contributed by atoms with Crippen molar-refractivity contribution in [1.29, 1.82) is 0 Å². The molecule has 0 aliphatic carbocycles. The first-order chi connectivity index (χ1) is 7.52. The molecular formula is C9H14N2O5. The number of nitrogens with two attached hydrogens (primary N) is 1. The van der Waals surface area contributed by atoms with E-state index in [0.29, 0.717) is 0 Å². The lowest BCUT2D eigenvalue weighted by atomic mass is 10.2. The van der Waals surface area contributed by atoms with Gasteiger partial charge in [0.15, 0.2) is 11.9 Å². The van der Waals surface area contributed by atoms with E-state index in [1.165, 1.54) is 0 Å². The topological polar surface area (TPSA) is 119 Å². The van der Waals surface area contributed by atoms with Gasteiger partial charge in [0.05, 0.1) is 6.61 Å². The molecule has 90 valence electrons. The number of rotatable bonds is 5. The van der Waals surface area contributed by atoms with E-state index in [4.69, 9.17) is 15.6 Å². The van der Waals surface area contributed by atoms with E-state index < -0.39 is 24.0 Å². The van der Waals surface area contributed by atoms with Crippen molar-refractivity contribution in [2.45, 2.75) is 25.0 Å². The maximum atomic E-state index is 11.4. The SMILES string of the molecule is N[C@@H](CCNC(=O)[C@@H]1OCCC1=O)C(=O)O. The fourth-order valence-electron chi connectivity index (χ4n) is 1.29. The number of ketones is 1. The maximum Gasteiger partial charge on any atom is 0.320 e. The van der Waals surface area contributed by atoms with Gasteiger partial charge in [-0.2, -0.15) is 0 Å². The van der Waals surface area contributed by atoms with Crippen molar-refractivity contribution in [3.8, 4) is 0 Å². The van der Waals surface area contributed by atoms with Gasteiger partial charge in [0.25, 0.3) is 5.91 Å². The van der Waals surface area contributed by atoms with Gasteiger partial charge in [-0.05, 0) is 6.42 Å². The summed E-state index contributed by atoms with van der Waals surface area (Å²) in [5.41, 5.74) is 5.23. The zero-order chi connectivity index (χ0) is 12.1. The van der Waals surface area contributed by atoms with E-state index in [0.717, 1.165) is 0 Å². The quantitative estimate of drug-likeness (QED) is 0.482. The highest BCUT2D eigenvalue weighted by Crippen LogP contribution is 2.07. The minimum atomic E-state index is -1.12. The number of hydrogen-bond acceptors (Lipinski definition) is 5. The van der Waals surface area contributed by atoms with Crippen LogP contribution in [0, 0.1) is 0 Å². The van der Waals surface area contributed by atoms with Gasteiger partial charge < -0.3 is 20.9 Å². The van der Waals surface area contributed by atoms with E-state index >= 15 is 0 Å². The molecule has 1 heterocycles. The molecule has 0 aromatic heterocycles. The summed E-state index contributed by atoms with van der Waals surface area (Å²) in [5, 5.41) is 10.9. The summed E-state index contributed by atoms with van der Waals surface area (Å²) in [6.45, 7) is 0.366. The Labute approximate surface area is 91.9 Å². The minimum absolute atomic E-state index is 0.111. The third-order valence-electron chi connectivity index (χ3n) is 2.24. The molecule has 2 atom stereocenters. The monoisotopic (exact) mass is 230 g/mol. The second kappa shape index (κ2) is 5.57. The molecule has 0 spiro atoms. The zero-order valence-electron chi connectivity index (χ0n) is 8.64. The minimum Gasteiger partial charge on any atom is -0.480 e. The van der Waals surface area contributed by atoms with Crippen LogP contribution in [0.5, 0.6) is 0 Å². The van der Waals surface area contributed by atoms with Crippen molar-refractivity contribution < 1.29 is 24.2 Å². The number of nitrogens with one attached hydrogen (secondary N) is 1. The maximum absolute atomic E-state index is 11.4. The van der Waals surface area contributed by atoms with E-state index in [2.05, 4.69) is 5.32 Å². The second-order valence-corrected chi connectivity index (χ2v) is 3.49. The van der Waals surface area contributed by atoms with Crippen LogP contribution in [0.1, 0.15) is 12.8 Å². The van der Waals surface area contributed by atoms with Gasteiger partial charge in [0.1, 0.15) is 6.04 Å². The Hall–Kier alpha value is -1.47. The van der Waals surface area contributed by atoms with Crippen LogP contribution in [0.25, 0.3) is 0 Å². The standard InChI is InChI=1S/C9H14N2O5/c10-5(9(14)15)1-3-11-8(13)7-6(12)2-4-16-7/h5,7H,1-4,10H2,(H,11,13)(H,14,15)/t5-,7+/m0/s1. The number of aliphatic carboxylic acids is 1. The van der Waals surface area contributed by atoms with Crippen LogP contribution in [0.3, 0.4) is 0 Å². The van der Waals surface area contributed by atoms with E-state index in [-0.39, 0.29) is 31.8 Å². The zero-order valence-corrected chi connectivity index (χ0v) is 8.64. The van der Waals surface area contributed by atoms with E-state index in [1.807, 2.05) is 0 Å². The van der Waals surface area contributed by atoms with Crippen molar-refractivity contribution in [3.63, 3.8) is 0 Å². The molecule has 0 unspecified atom stereocenters. The van der Waals surface area contributed by atoms with Crippen molar-refractivity contribution in [1.82, 2.24) is 5.32 Å². The fourth-order valence-corrected chi connectivity index (χ4v) is 1.29. The Kier molecular flexibility index (Phi) is 4.39. The Bertz CT molecular complexity index is 304. The molecule has 1 amide bonds.